The summed E-state index contributed by atoms with van der Waals surface area (Å²) in [4.78, 5) is 23.6. The Morgan fingerprint density at radius 3 is 2.47 bits per heavy atom. The van der Waals surface area contributed by atoms with E-state index in [1.807, 2.05) is 0 Å². The molecule has 0 radical (unpaired) electrons. The Balaban J connectivity index is 3.29. The second-order valence-electron chi connectivity index (χ2n) is 3.62. The lowest BCUT2D eigenvalue weighted by molar-refractivity contribution is -0.137. The predicted octanol–water partition coefficient (Wildman–Crippen LogP) is 2.24. The van der Waals surface area contributed by atoms with Gasteiger partial charge in [0, 0.05) is 12.1 Å². The highest BCUT2D eigenvalue weighted by atomic mass is 35.5. The monoisotopic (exact) mass is 286 g/mol. The number of hydrogen-bond donors (Lipinski definition) is 0. The molecule has 0 unspecified atom stereocenters. The molecule has 5 nitrogen and oxygen atoms in total. The second-order valence-corrected chi connectivity index (χ2v) is 4.06. The first kappa shape index (κ1) is 15.5. The van der Waals surface area contributed by atoms with Crippen molar-refractivity contribution in [3.8, 4) is 5.75 Å². The molecule has 19 heavy (non-hydrogen) atoms. The maximum Gasteiger partial charge on any atom is 0.379 e. The first-order chi connectivity index (χ1) is 9.04. The van der Waals surface area contributed by atoms with Crippen molar-refractivity contribution < 1.29 is 23.8 Å². The van der Waals surface area contributed by atoms with Gasteiger partial charge in [-0.2, -0.15) is 0 Å². The first-order valence-electron chi connectivity index (χ1n) is 5.61. The maximum absolute atomic E-state index is 12.1. The molecular weight excluding hydrogens is 272 g/mol. The highest BCUT2D eigenvalue weighted by Crippen LogP contribution is 2.28. The standard InChI is InChI=1S/C13H15ClO5/c1-4-19-13(16)12(15)11-8(7-17-2)5-9(14)6-10(11)18-3/h5-6H,4,7H2,1-3H3. The minimum absolute atomic E-state index is 0.118. The van der Waals surface area contributed by atoms with Gasteiger partial charge in [-0.15, -0.1) is 0 Å². The summed E-state index contributed by atoms with van der Waals surface area (Å²) in [6.45, 7) is 1.89. The molecule has 0 spiro atoms. The van der Waals surface area contributed by atoms with E-state index in [4.69, 9.17) is 25.8 Å². The number of ketones is 1. The van der Waals surface area contributed by atoms with Crippen LogP contribution in [0, 0.1) is 0 Å². The van der Waals surface area contributed by atoms with E-state index in [2.05, 4.69) is 0 Å². The van der Waals surface area contributed by atoms with Gasteiger partial charge in [-0.1, -0.05) is 11.6 Å². The van der Waals surface area contributed by atoms with Crippen molar-refractivity contribution in [2.24, 2.45) is 0 Å². The van der Waals surface area contributed by atoms with E-state index < -0.39 is 11.8 Å². The number of methoxy groups -OCH3 is 2. The Morgan fingerprint density at radius 2 is 1.95 bits per heavy atom. The zero-order valence-electron chi connectivity index (χ0n) is 11.0. The van der Waals surface area contributed by atoms with Gasteiger partial charge in [0.25, 0.3) is 5.78 Å². The van der Waals surface area contributed by atoms with E-state index >= 15 is 0 Å². The number of hydrogen-bond acceptors (Lipinski definition) is 5. The molecule has 0 bridgehead atoms. The van der Waals surface area contributed by atoms with Gasteiger partial charge in [-0.25, -0.2) is 4.79 Å². The van der Waals surface area contributed by atoms with E-state index in [0.29, 0.717) is 10.6 Å². The topological polar surface area (TPSA) is 61.8 Å². The Kier molecular flexibility index (Phi) is 5.79. The predicted molar refractivity (Wildman–Crippen MR) is 69.7 cm³/mol. The Bertz CT molecular complexity index is 484. The molecule has 0 heterocycles. The smallest absolute Gasteiger partial charge is 0.379 e. The molecular formula is C13H15ClO5. The number of esters is 1. The summed E-state index contributed by atoms with van der Waals surface area (Å²) >= 11 is 5.92. The van der Waals surface area contributed by atoms with Gasteiger partial charge in [-0.3, -0.25) is 4.79 Å². The van der Waals surface area contributed by atoms with E-state index in [9.17, 15) is 9.59 Å². The van der Waals surface area contributed by atoms with E-state index in [0.717, 1.165) is 0 Å². The lowest BCUT2D eigenvalue weighted by Crippen LogP contribution is -2.20. The number of benzene rings is 1. The fraction of sp³-hybridized carbons (Fsp3) is 0.385. The van der Waals surface area contributed by atoms with E-state index in [1.165, 1.54) is 20.3 Å². The zero-order valence-corrected chi connectivity index (χ0v) is 11.7. The normalized spacial score (nSPS) is 10.1. The largest absolute Gasteiger partial charge is 0.496 e. The third kappa shape index (κ3) is 3.68. The lowest BCUT2D eigenvalue weighted by Gasteiger charge is -2.12. The molecule has 0 fully saturated rings. The van der Waals surface area contributed by atoms with Crippen LogP contribution < -0.4 is 4.74 Å². The molecule has 0 aliphatic heterocycles. The molecule has 0 aromatic heterocycles. The van der Waals surface area contributed by atoms with Crippen LogP contribution in [0.25, 0.3) is 0 Å². The van der Waals surface area contributed by atoms with Crippen LogP contribution in [0.3, 0.4) is 0 Å². The van der Waals surface area contributed by atoms with Gasteiger partial charge in [0.2, 0.25) is 0 Å². The second kappa shape index (κ2) is 7.11. The Labute approximate surface area is 116 Å². The van der Waals surface area contributed by atoms with Gasteiger partial charge >= 0.3 is 5.97 Å². The summed E-state index contributed by atoms with van der Waals surface area (Å²) in [7, 11) is 2.87. The highest BCUT2D eigenvalue weighted by molar-refractivity contribution is 6.42. The third-order valence-electron chi connectivity index (χ3n) is 2.36. The van der Waals surface area contributed by atoms with E-state index in [1.54, 1.807) is 13.0 Å². The van der Waals surface area contributed by atoms with Crippen molar-refractivity contribution in [2.45, 2.75) is 13.5 Å². The summed E-state index contributed by atoms with van der Waals surface area (Å²) in [6.07, 6.45) is 0. The van der Waals surface area contributed by atoms with Crippen molar-refractivity contribution in [3.63, 3.8) is 0 Å². The maximum atomic E-state index is 12.1. The van der Waals surface area contributed by atoms with Crippen molar-refractivity contribution in [1.82, 2.24) is 0 Å². The van der Waals surface area contributed by atoms with Gasteiger partial charge < -0.3 is 14.2 Å². The molecule has 0 amide bonds. The molecule has 0 atom stereocenters. The highest BCUT2D eigenvalue weighted by Gasteiger charge is 2.25. The SMILES string of the molecule is CCOC(=O)C(=O)c1c(COC)cc(Cl)cc1OC. The Hall–Kier alpha value is -1.59. The van der Waals surface area contributed by atoms with Crippen LogP contribution in [0.5, 0.6) is 5.75 Å². The van der Waals surface area contributed by atoms with Crippen molar-refractivity contribution >= 4 is 23.4 Å². The van der Waals surface area contributed by atoms with Crippen LogP contribution in [0.2, 0.25) is 5.02 Å². The molecule has 104 valence electrons. The molecule has 1 rings (SSSR count). The fourth-order valence-electron chi connectivity index (χ4n) is 1.62. The summed E-state index contributed by atoms with van der Waals surface area (Å²) in [6, 6.07) is 3.02. The van der Waals surface area contributed by atoms with Gasteiger partial charge in [0.05, 0.1) is 25.9 Å². The van der Waals surface area contributed by atoms with Gasteiger partial charge in [0.15, 0.2) is 0 Å². The average molecular weight is 287 g/mol. The average Bonchev–Trinajstić information content (AvgIpc) is 2.38. The molecule has 0 saturated carbocycles. The zero-order chi connectivity index (χ0) is 14.4. The van der Waals surface area contributed by atoms with Crippen LogP contribution in [-0.4, -0.2) is 32.6 Å². The first-order valence-corrected chi connectivity index (χ1v) is 5.99. The van der Waals surface area contributed by atoms with Crippen LogP contribution in [0.15, 0.2) is 12.1 Å². The minimum atomic E-state index is -0.930. The van der Waals surface area contributed by atoms with Crippen LogP contribution in [0.4, 0.5) is 0 Å². The summed E-state index contributed by atoms with van der Waals surface area (Å²) in [5.74, 6) is -1.49. The molecule has 1 aromatic rings. The van der Waals surface area contributed by atoms with Crippen LogP contribution >= 0.6 is 11.6 Å². The fourth-order valence-corrected chi connectivity index (χ4v) is 1.85. The molecule has 0 N–H and O–H groups in total. The molecule has 0 aliphatic carbocycles. The number of carbonyl (C=O) groups excluding carboxylic acids is 2. The number of halogens is 1. The molecule has 0 aliphatic rings. The van der Waals surface area contributed by atoms with Crippen molar-refractivity contribution in [3.05, 3.63) is 28.3 Å². The van der Waals surface area contributed by atoms with Gasteiger partial charge in [-0.05, 0) is 24.6 Å². The quantitative estimate of drug-likeness (QED) is 0.456. The van der Waals surface area contributed by atoms with Crippen molar-refractivity contribution in [2.75, 3.05) is 20.8 Å². The minimum Gasteiger partial charge on any atom is -0.496 e. The van der Waals surface area contributed by atoms with Crippen LogP contribution in [0.1, 0.15) is 22.8 Å². The number of Topliss-reactive ketones (excluding diaryl/α,β-unsaturated/α-hetero) is 1. The number of rotatable bonds is 6. The van der Waals surface area contributed by atoms with Gasteiger partial charge in [0.1, 0.15) is 5.75 Å². The molecule has 6 heteroatoms. The summed E-state index contributed by atoms with van der Waals surface area (Å²) in [5, 5.41) is 0.393. The van der Waals surface area contributed by atoms with E-state index in [-0.39, 0.29) is 24.5 Å². The Morgan fingerprint density at radius 1 is 1.26 bits per heavy atom. The molecule has 1 aromatic carbocycles. The van der Waals surface area contributed by atoms with Crippen molar-refractivity contribution in [1.29, 1.82) is 0 Å². The summed E-state index contributed by atoms with van der Waals surface area (Å²) in [5.41, 5.74) is 0.595. The number of carbonyl (C=O) groups is 2. The number of ether oxygens (including phenoxy) is 3. The third-order valence-corrected chi connectivity index (χ3v) is 2.57. The molecule has 0 saturated heterocycles. The van der Waals surface area contributed by atoms with Crippen LogP contribution in [-0.2, 0) is 20.9 Å². The summed E-state index contributed by atoms with van der Waals surface area (Å²) < 4.78 is 14.8. The lowest BCUT2D eigenvalue weighted by atomic mass is 10.0.